The summed E-state index contributed by atoms with van der Waals surface area (Å²) in [4.78, 5) is 16.4. The van der Waals surface area contributed by atoms with Gasteiger partial charge in [-0.05, 0) is 25.5 Å². The molecule has 0 bridgehead atoms. The van der Waals surface area contributed by atoms with E-state index in [1.54, 1.807) is 0 Å². The van der Waals surface area contributed by atoms with Gasteiger partial charge in [0.1, 0.15) is 6.10 Å². The highest BCUT2D eigenvalue weighted by Gasteiger charge is 2.10. The van der Waals surface area contributed by atoms with Gasteiger partial charge in [-0.25, -0.2) is 4.79 Å². The van der Waals surface area contributed by atoms with Crippen LogP contribution in [-0.2, 0) is 11.8 Å². The van der Waals surface area contributed by atoms with Gasteiger partial charge >= 0.3 is 6.09 Å². The number of para-hydroxylation sites is 2. The number of amides is 1. The Morgan fingerprint density at radius 1 is 1.09 bits per heavy atom. The van der Waals surface area contributed by atoms with Crippen molar-refractivity contribution in [2.45, 2.75) is 26.4 Å². The molecule has 0 saturated carbocycles. The van der Waals surface area contributed by atoms with Crippen molar-refractivity contribution >= 4 is 27.9 Å². The van der Waals surface area contributed by atoms with Gasteiger partial charge in [0, 0.05) is 17.8 Å². The van der Waals surface area contributed by atoms with E-state index < -0.39 is 6.09 Å². The van der Waals surface area contributed by atoms with Crippen molar-refractivity contribution in [1.29, 1.82) is 0 Å². The number of hydrogen-bond acceptors (Lipinski definition) is 2. The van der Waals surface area contributed by atoms with Crippen molar-refractivity contribution in [3.8, 4) is 0 Å². The number of nitrogens with zero attached hydrogens (tertiary/aromatic N) is 2. The van der Waals surface area contributed by atoms with Crippen LogP contribution < -0.4 is 5.36 Å². The SMILES string of the molecule is CCC(C)OC(=O)N=c1c2ccccc2n(C)c2ccccc12. The van der Waals surface area contributed by atoms with Crippen molar-refractivity contribution in [2.24, 2.45) is 12.0 Å². The highest BCUT2D eigenvalue weighted by atomic mass is 16.6. The number of fused-ring (bicyclic) bond motifs is 2. The normalized spacial score (nSPS) is 12.3. The third kappa shape index (κ3) is 2.84. The molecule has 0 spiro atoms. The molecule has 1 heterocycles. The van der Waals surface area contributed by atoms with E-state index in [0.29, 0.717) is 5.36 Å². The van der Waals surface area contributed by atoms with Crippen LogP contribution in [0, 0.1) is 0 Å². The molecule has 3 aromatic rings. The lowest BCUT2D eigenvalue weighted by Gasteiger charge is -2.12. The standard InChI is InChI=1S/C19H20N2O2/c1-4-13(2)23-19(22)20-18-14-9-5-7-11-16(14)21(3)17-12-8-6-10-15(17)18/h5-13H,4H2,1-3H3. The van der Waals surface area contributed by atoms with Gasteiger partial charge in [-0.15, -0.1) is 0 Å². The number of rotatable bonds is 2. The summed E-state index contributed by atoms with van der Waals surface area (Å²) in [6.45, 7) is 3.85. The number of carbonyl (C=O) groups excluding carboxylic acids is 1. The van der Waals surface area contributed by atoms with Gasteiger partial charge in [-0.3, -0.25) is 0 Å². The smallest absolute Gasteiger partial charge is 0.434 e. The lowest BCUT2D eigenvalue weighted by Crippen LogP contribution is -2.16. The fourth-order valence-corrected chi connectivity index (χ4v) is 2.70. The van der Waals surface area contributed by atoms with E-state index in [-0.39, 0.29) is 6.10 Å². The van der Waals surface area contributed by atoms with Gasteiger partial charge in [0.05, 0.1) is 16.4 Å². The van der Waals surface area contributed by atoms with E-state index in [4.69, 9.17) is 4.74 Å². The highest BCUT2D eigenvalue weighted by Crippen LogP contribution is 2.17. The molecule has 4 nitrogen and oxygen atoms in total. The van der Waals surface area contributed by atoms with Crippen molar-refractivity contribution < 1.29 is 9.53 Å². The second-order valence-corrected chi connectivity index (χ2v) is 5.66. The Bertz CT molecular complexity index is 881. The molecule has 1 unspecified atom stereocenters. The molecule has 118 valence electrons. The first-order chi connectivity index (χ1) is 11.1. The van der Waals surface area contributed by atoms with E-state index in [1.807, 2.05) is 69.4 Å². The van der Waals surface area contributed by atoms with Crippen LogP contribution in [0.3, 0.4) is 0 Å². The van der Waals surface area contributed by atoms with Gasteiger partial charge in [0.2, 0.25) is 0 Å². The maximum atomic E-state index is 12.2. The van der Waals surface area contributed by atoms with E-state index in [9.17, 15) is 4.79 Å². The van der Waals surface area contributed by atoms with E-state index in [0.717, 1.165) is 28.2 Å². The van der Waals surface area contributed by atoms with Crippen LogP contribution in [-0.4, -0.2) is 16.8 Å². The Morgan fingerprint density at radius 3 is 2.13 bits per heavy atom. The number of hydrogen-bond donors (Lipinski definition) is 0. The fraction of sp³-hybridized carbons (Fsp3) is 0.263. The van der Waals surface area contributed by atoms with Crippen LogP contribution in [0.15, 0.2) is 53.5 Å². The van der Waals surface area contributed by atoms with Crippen molar-refractivity contribution in [3.63, 3.8) is 0 Å². The van der Waals surface area contributed by atoms with Crippen molar-refractivity contribution in [3.05, 3.63) is 53.9 Å². The molecule has 1 amide bonds. The third-order valence-electron chi connectivity index (χ3n) is 4.12. The van der Waals surface area contributed by atoms with Crippen molar-refractivity contribution in [2.75, 3.05) is 0 Å². The predicted octanol–water partition coefficient (Wildman–Crippen LogP) is 4.17. The Labute approximate surface area is 135 Å². The minimum atomic E-state index is -0.538. The maximum absolute atomic E-state index is 12.2. The highest BCUT2D eigenvalue weighted by molar-refractivity contribution is 5.94. The zero-order chi connectivity index (χ0) is 16.4. The molecule has 0 saturated heterocycles. The van der Waals surface area contributed by atoms with E-state index >= 15 is 0 Å². The molecule has 4 heteroatoms. The molecule has 0 radical (unpaired) electrons. The number of ether oxygens (including phenoxy) is 1. The Kier molecular flexibility index (Phi) is 4.15. The molecule has 0 N–H and O–H groups in total. The molecule has 0 fully saturated rings. The summed E-state index contributed by atoms with van der Waals surface area (Å²) in [7, 11) is 2.02. The van der Waals surface area contributed by atoms with Crippen LogP contribution in [0.25, 0.3) is 21.8 Å². The molecule has 0 aliphatic heterocycles. The molecule has 2 aromatic carbocycles. The van der Waals surface area contributed by atoms with Gasteiger partial charge in [-0.2, -0.15) is 4.99 Å². The summed E-state index contributed by atoms with van der Waals surface area (Å²) in [6.07, 6.45) is 0.0964. The minimum Gasteiger partial charge on any atom is -0.445 e. The first-order valence-corrected chi connectivity index (χ1v) is 7.83. The zero-order valence-electron chi connectivity index (χ0n) is 13.6. The number of aryl methyl sites for hydroxylation is 1. The van der Waals surface area contributed by atoms with E-state index in [2.05, 4.69) is 9.56 Å². The summed E-state index contributed by atoms with van der Waals surface area (Å²) in [6, 6.07) is 15.9. The number of benzene rings is 2. The maximum Gasteiger partial charge on any atom is 0.434 e. The Morgan fingerprint density at radius 2 is 1.61 bits per heavy atom. The first kappa shape index (κ1) is 15.3. The Hall–Kier alpha value is -2.62. The van der Waals surface area contributed by atoms with Crippen LogP contribution >= 0.6 is 0 Å². The lowest BCUT2D eigenvalue weighted by atomic mass is 10.1. The predicted molar refractivity (Wildman–Crippen MR) is 92.2 cm³/mol. The van der Waals surface area contributed by atoms with Crippen LogP contribution in [0.5, 0.6) is 0 Å². The van der Waals surface area contributed by atoms with Crippen LogP contribution in [0.1, 0.15) is 20.3 Å². The number of carbonyl (C=O) groups is 1. The van der Waals surface area contributed by atoms with Gasteiger partial charge in [-0.1, -0.05) is 43.3 Å². The van der Waals surface area contributed by atoms with Crippen molar-refractivity contribution in [1.82, 2.24) is 4.57 Å². The van der Waals surface area contributed by atoms with Crippen LogP contribution in [0.4, 0.5) is 4.79 Å². The topological polar surface area (TPSA) is 43.6 Å². The molecular weight excluding hydrogens is 288 g/mol. The second-order valence-electron chi connectivity index (χ2n) is 5.66. The quantitative estimate of drug-likeness (QED) is 0.667. The summed E-state index contributed by atoms with van der Waals surface area (Å²) in [5.74, 6) is 0. The summed E-state index contributed by atoms with van der Waals surface area (Å²) in [5, 5.41) is 2.55. The molecular formula is C19H20N2O2. The van der Waals surface area contributed by atoms with Gasteiger partial charge < -0.3 is 9.30 Å². The minimum absolute atomic E-state index is 0.136. The summed E-state index contributed by atoms with van der Waals surface area (Å²) in [5.41, 5.74) is 2.06. The monoisotopic (exact) mass is 308 g/mol. The van der Waals surface area contributed by atoms with Crippen LogP contribution in [0.2, 0.25) is 0 Å². The van der Waals surface area contributed by atoms with E-state index in [1.165, 1.54) is 0 Å². The lowest BCUT2D eigenvalue weighted by molar-refractivity contribution is 0.114. The fourth-order valence-electron chi connectivity index (χ4n) is 2.70. The third-order valence-corrected chi connectivity index (χ3v) is 4.12. The summed E-state index contributed by atoms with van der Waals surface area (Å²) >= 11 is 0. The van der Waals surface area contributed by atoms with Gasteiger partial charge in [0.25, 0.3) is 0 Å². The first-order valence-electron chi connectivity index (χ1n) is 7.83. The zero-order valence-corrected chi connectivity index (χ0v) is 13.6. The second kappa shape index (κ2) is 6.24. The molecule has 0 aliphatic rings. The molecule has 1 atom stereocenters. The van der Waals surface area contributed by atoms with Gasteiger partial charge in [0.15, 0.2) is 0 Å². The number of aromatic nitrogens is 1. The molecule has 3 rings (SSSR count). The Balaban J connectivity index is 2.33. The molecule has 1 aromatic heterocycles. The summed E-state index contributed by atoms with van der Waals surface area (Å²) < 4.78 is 7.43. The number of pyridine rings is 1. The average Bonchev–Trinajstić information content (AvgIpc) is 2.58. The average molecular weight is 308 g/mol. The molecule has 23 heavy (non-hydrogen) atoms. The largest absolute Gasteiger partial charge is 0.445 e. The molecule has 0 aliphatic carbocycles.